The molecule has 0 aliphatic rings. The van der Waals surface area contributed by atoms with Gasteiger partial charge < -0.3 is 5.73 Å². The first-order chi connectivity index (χ1) is 23.7. The van der Waals surface area contributed by atoms with Gasteiger partial charge in [0.25, 0.3) is 0 Å². The van der Waals surface area contributed by atoms with E-state index in [1.54, 1.807) is 12.4 Å². The maximum absolute atomic E-state index is 6.50. The topological polar surface area (TPSA) is 76.5 Å². The molecule has 2 N–H and O–H groups in total. The van der Waals surface area contributed by atoms with E-state index in [-0.39, 0.29) is 0 Å². The average Bonchev–Trinajstić information content (AvgIpc) is 3.17. The Morgan fingerprint density at radius 1 is 0.479 bits per heavy atom. The molecule has 0 spiro atoms. The van der Waals surface area contributed by atoms with Crippen molar-refractivity contribution in [3.8, 4) is 22.3 Å². The average molecular weight is 618 g/mol. The van der Waals surface area contributed by atoms with Crippen LogP contribution in [0.25, 0.3) is 54.8 Å². The SMILES string of the molecule is NC(=NC(=NCc1ccccc1)c1cccc(-c2cccc(-c3ccc4c5ccccc5c5nccnc5c4c3)c2)c1)c1ccccc1. The predicted molar refractivity (Wildman–Crippen MR) is 199 cm³/mol. The number of fused-ring (bicyclic) bond motifs is 6. The van der Waals surface area contributed by atoms with Gasteiger partial charge in [-0.15, -0.1) is 0 Å². The van der Waals surface area contributed by atoms with Crippen LogP contribution in [0.4, 0.5) is 0 Å². The number of aromatic nitrogens is 2. The fraction of sp³-hybridized carbons (Fsp3) is 0.0233. The highest BCUT2D eigenvalue weighted by atomic mass is 15.0. The molecule has 0 saturated carbocycles. The summed E-state index contributed by atoms with van der Waals surface area (Å²) >= 11 is 0. The van der Waals surface area contributed by atoms with Crippen molar-refractivity contribution in [3.05, 3.63) is 181 Å². The Morgan fingerprint density at radius 3 is 1.79 bits per heavy atom. The molecule has 0 unspecified atom stereocenters. The number of benzene rings is 7. The first kappa shape index (κ1) is 29.0. The lowest BCUT2D eigenvalue weighted by atomic mass is 9.94. The first-order valence-electron chi connectivity index (χ1n) is 16.0. The number of nitrogens with zero attached hydrogens (tertiary/aromatic N) is 4. The number of nitrogens with two attached hydrogens (primary N) is 1. The van der Waals surface area contributed by atoms with Crippen molar-refractivity contribution < 1.29 is 0 Å². The molecule has 0 aliphatic heterocycles. The quantitative estimate of drug-likeness (QED) is 0.115. The van der Waals surface area contributed by atoms with Gasteiger partial charge in [0.1, 0.15) is 5.84 Å². The molecule has 0 radical (unpaired) electrons. The van der Waals surface area contributed by atoms with Crippen LogP contribution in [-0.4, -0.2) is 21.6 Å². The zero-order valence-electron chi connectivity index (χ0n) is 26.2. The second-order valence-electron chi connectivity index (χ2n) is 11.7. The maximum atomic E-state index is 6.50. The normalized spacial score (nSPS) is 12.2. The summed E-state index contributed by atoms with van der Waals surface area (Å²) in [7, 11) is 0. The van der Waals surface area contributed by atoms with E-state index in [0.717, 1.165) is 60.8 Å². The second kappa shape index (κ2) is 12.7. The second-order valence-corrected chi connectivity index (χ2v) is 11.7. The molecule has 48 heavy (non-hydrogen) atoms. The summed E-state index contributed by atoms with van der Waals surface area (Å²) in [5.41, 5.74) is 15.6. The fourth-order valence-corrected chi connectivity index (χ4v) is 6.26. The highest BCUT2D eigenvalue weighted by Crippen LogP contribution is 2.36. The number of hydrogen-bond donors (Lipinski definition) is 1. The zero-order chi connectivity index (χ0) is 32.3. The van der Waals surface area contributed by atoms with Gasteiger partial charge >= 0.3 is 0 Å². The monoisotopic (exact) mass is 617 g/mol. The Kier molecular flexibility index (Phi) is 7.69. The van der Waals surface area contributed by atoms with Crippen LogP contribution >= 0.6 is 0 Å². The lowest BCUT2D eigenvalue weighted by molar-refractivity contribution is 1.06. The van der Waals surface area contributed by atoms with Crippen LogP contribution in [0.2, 0.25) is 0 Å². The lowest BCUT2D eigenvalue weighted by Gasteiger charge is -2.12. The summed E-state index contributed by atoms with van der Waals surface area (Å²) in [6.45, 7) is 0.498. The Bertz CT molecular complexity index is 2450. The van der Waals surface area contributed by atoms with Crippen LogP contribution in [0.15, 0.2) is 174 Å². The molecule has 1 heterocycles. The predicted octanol–water partition coefficient (Wildman–Crippen LogP) is 9.62. The van der Waals surface area contributed by atoms with Crippen LogP contribution in [0, 0.1) is 0 Å². The van der Waals surface area contributed by atoms with E-state index < -0.39 is 0 Å². The van der Waals surface area contributed by atoms with E-state index in [0.29, 0.717) is 18.2 Å². The molecule has 5 nitrogen and oxygen atoms in total. The van der Waals surface area contributed by atoms with Crippen molar-refractivity contribution in [3.63, 3.8) is 0 Å². The summed E-state index contributed by atoms with van der Waals surface area (Å²) in [5.74, 6) is 1.02. The summed E-state index contributed by atoms with van der Waals surface area (Å²) in [6.07, 6.45) is 3.53. The molecule has 0 saturated heterocycles. The van der Waals surface area contributed by atoms with Crippen molar-refractivity contribution in [1.82, 2.24) is 9.97 Å². The summed E-state index contributed by atoms with van der Waals surface area (Å²) in [5, 5.41) is 4.56. The highest BCUT2D eigenvalue weighted by Gasteiger charge is 2.13. The Labute approximate surface area is 278 Å². The molecule has 8 rings (SSSR count). The largest absolute Gasteiger partial charge is 0.383 e. The van der Waals surface area contributed by atoms with Crippen LogP contribution < -0.4 is 5.73 Å². The molecule has 0 aliphatic carbocycles. The number of rotatable bonds is 6. The van der Waals surface area contributed by atoms with Crippen molar-refractivity contribution in [1.29, 1.82) is 0 Å². The van der Waals surface area contributed by atoms with E-state index >= 15 is 0 Å². The number of aliphatic imine (C=N–C) groups is 2. The van der Waals surface area contributed by atoms with Crippen LogP contribution in [0.3, 0.4) is 0 Å². The van der Waals surface area contributed by atoms with Crippen molar-refractivity contribution in [2.24, 2.45) is 15.7 Å². The van der Waals surface area contributed by atoms with Gasteiger partial charge in [-0.1, -0.05) is 133 Å². The number of amidine groups is 2. The van der Waals surface area contributed by atoms with E-state index in [9.17, 15) is 0 Å². The van der Waals surface area contributed by atoms with Crippen LogP contribution in [0.1, 0.15) is 16.7 Å². The minimum absolute atomic E-state index is 0.427. The minimum atomic E-state index is 0.427. The van der Waals surface area contributed by atoms with E-state index in [1.807, 2.05) is 54.6 Å². The van der Waals surface area contributed by atoms with Gasteiger partial charge in [0.2, 0.25) is 0 Å². The molecule has 228 valence electrons. The number of hydrogen-bond acceptors (Lipinski definition) is 3. The van der Waals surface area contributed by atoms with Crippen molar-refractivity contribution >= 4 is 44.2 Å². The van der Waals surface area contributed by atoms with Gasteiger partial charge in [-0.25, -0.2) is 4.99 Å². The van der Waals surface area contributed by atoms with Gasteiger partial charge in [-0.05, 0) is 56.8 Å². The van der Waals surface area contributed by atoms with E-state index in [4.69, 9.17) is 25.7 Å². The summed E-state index contributed by atoms with van der Waals surface area (Å²) in [6, 6.07) is 52.0. The molecule has 0 bridgehead atoms. The highest BCUT2D eigenvalue weighted by molar-refractivity contribution is 6.23. The lowest BCUT2D eigenvalue weighted by Crippen LogP contribution is -2.16. The van der Waals surface area contributed by atoms with Gasteiger partial charge in [-0.2, -0.15) is 0 Å². The van der Waals surface area contributed by atoms with Crippen LogP contribution in [-0.2, 0) is 6.54 Å². The van der Waals surface area contributed by atoms with Gasteiger partial charge in [0, 0.05) is 34.3 Å². The smallest absolute Gasteiger partial charge is 0.157 e. The molecule has 1 aromatic heterocycles. The summed E-state index contributed by atoms with van der Waals surface area (Å²) in [4.78, 5) is 19.3. The van der Waals surface area contributed by atoms with Crippen molar-refractivity contribution in [2.75, 3.05) is 0 Å². The Balaban J connectivity index is 1.19. The first-order valence-corrected chi connectivity index (χ1v) is 16.0. The third-order valence-electron chi connectivity index (χ3n) is 8.65. The minimum Gasteiger partial charge on any atom is -0.383 e. The Hall–Kier alpha value is -6.46. The van der Waals surface area contributed by atoms with E-state index in [1.165, 1.54) is 10.8 Å². The Morgan fingerprint density at radius 2 is 1.04 bits per heavy atom. The van der Waals surface area contributed by atoms with Gasteiger partial charge in [-0.3, -0.25) is 15.0 Å². The maximum Gasteiger partial charge on any atom is 0.157 e. The van der Waals surface area contributed by atoms with Gasteiger partial charge in [0.15, 0.2) is 5.84 Å². The van der Waals surface area contributed by atoms with Crippen molar-refractivity contribution in [2.45, 2.75) is 6.54 Å². The third kappa shape index (κ3) is 5.70. The standard InChI is InChI=1S/C43H31N5/c44-42(30-13-5-2-6-14-30)48-43(47-28-29-11-3-1-4-12-29)35-18-10-17-33(26-35)31-15-9-16-32(25-31)34-21-22-37-36-19-7-8-20-38(36)40-41(39(37)27-34)46-24-23-45-40/h1-27H,28H2,(H2,44,47,48). The van der Waals surface area contributed by atoms with Crippen LogP contribution in [0.5, 0.6) is 0 Å². The molecule has 0 amide bonds. The molecular formula is C43H31N5. The molecule has 5 heteroatoms. The molecule has 0 atom stereocenters. The molecule has 0 fully saturated rings. The third-order valence-corrected chi connectivity index (χ3v) is 8.65. The molecule has 7 aromatic carbocycles. The molecule has 8 aromatic rings. The zero-order valence-corrected chi connectivity index (χ0v) is 26.2. The molecular weight excluding hydrogens is 587 g/mol. The summed E-state index contributed by atoms with van der Waals surface area (Å²) < 4.78 is 0. The van der Waals surface area contributed by atoms with E-state index in [2.05, 4.69) is 97.1 Å². The van der Waals surface area contributed by atoms with Gasteiger partial charge in [0.05, 0.1) is 17.6 Å². The fourth-order valence-electron chi connectivity index (χ4n) is 6.26.